The third kappa shape index (κ3) is 6.82. The monoisotopic (exact) mass is 490 g/mol. The van der Waals surface area contributed by atoms with Crippen molar-refractivity contribution in [3.63, 3.8) is 0 Å². The van der Waals surface area contributed by atoms with E-state index in [2.05, 4.69) is 10.5 Å². The predicted molar refractivity (Wildman–Crippen MR) is 124 cm³/mol. The Balaban J connectivity index is 0.00000300. The van der Waals surface area contributed by atoms with Gasteiger partial charge in [-0.2, -0.15) is 9.67 Å². The Bertz CT molecular complexity index is 1010. The van der Waals surface area contributed by atoms with Crippen molar-refractivity contribution in [2.45, 2.75) is 6.54 Å². The molecule has 1 amide bonds. The van der Waals surface area contributed by atoms with Crippen molar-refractivity contribution >= 4 is 57.9 Å². The average Bonchev–Trinajstić information content (AvgIpc) is 2.72. The molecule has 3 aromatic rings. The van der Waals surface area contributed by atoms with Gasteiger partial charge >= 0.3 is 5.91 Å². The van der Waals surface area contributed by atoms with Gasteiger partial charge in [-0.1, -0.05) is 77.8 Å². The van der Waals surface area contributed by atoms with Crippen LogP contribution in [0.2, 0.25) is 10.0 Å². The summed E-state index contributed by atoms with van der Waals surface area (Å²) >= 11 is 12.3. The van der Waals surface area contributed by atoms with Crippen molar-refractivity contribution in [1.29, 1.82) is 0 Å². The molecule has 0 spiro atoms. The molecule has 1 aromatic heterocycles. The number of carbonyl (C=O) groups is 1. The normalized spacial score (nSPS) is 11.2. The molecule has 148 valence electrons. The third-order valence-corrected chi connectivity index (χ3v) is 4.71. The fourth-order valence-corrected chi connectivity index (χ4v) is 2.86. The maximum absolute atomic E-state index is 12.2. The Morgan fingerprint density at radius 2 is 1.66 bits per heavy atom. The Kier molecular flexibility index (Phi) is 9.06. The van der Waals surface area contributed by atoms with Crippen molar-refractivity contribution in [2.75, 3.05) is 0 Å². The first-order chi connectivity index (χ1) is 13.6. The van der Waals surface area contributed by atoms with Crippen LogP contribution >= 0.6 is 40.2 Å². The van der Waals surface area contributed by atoms with Gasteiger partial charge in [0.05, 0.1) is 15.8 Å². The van der Waals surface area contributed by atoms with Crippen LogP contribution in [0, 0.1) is 0 Å². The van der Waals surface area contributed by atoms with E-state index in [1.54, 1.807) is 16.7 Å². The molecule has 1 heterocycles. The summed E-state index contributed by atoms with van der Waals surface area (Å²) in [6, 6.07) is 20.6. The van der Waals surface area contributed by atoms with Crippen molar-refractivity contribution in [1.82, 2.24) is 5.43 Å². The van der Waals surface area contributed by atoms with Gasteiger partial charge in [-0.3, -0.25) is 4.79 Å². The Morgan fingerprint density at radius 1 is 0.966 bits per heavy atom. The van der Waals surface area contributed by atoms with Gasteiger partial charge in [0.2, 0.25) is 6.54 Å². The first kappa shape index (κ1) is 22.8. The zero-order chi connectivity index (χ0) is 19.8. The molecule has 0 aliphatic rings. The molecule has 0 aliphatic heterocycles. The van der Waals surface area contributed by atoms with E-state index >= 15 is 0 Å². The number of rotatable bonds is 6. The maximum atomic E-state index is 12.2. The van der Waals surface area contributed by atoms with Crippen molar-refractivity contribution in [2.24, 2.45) is 5.10 Å². The molecule has 0 saturated carbocycles. The first-order valence-corrected chi connectivity index (χ1v) is 9.37. The zero-order valence-corrected chi connectivity index (χ0v) is 18.6. The van der Waals surface area contributed by atoms with Crippen molar-refractivity contribution in [3.8, 4) is 0 Å². The lowest BCUT2D eigenvalue weighted by atomic mass is 10.1. The number of carbonyl (C=O) groups excluding carboxylic acids is 1. The van der Waals surface area contributed by atoms with E-state index in [-0.39, 0.29) is 29.4 Å². The molecule has 0 unspecified atom stereocenters. The molecule has 0 atom stereocenters. The molecule has 29 heavy (non-hydrogen) atoms. The SMILES string of the molecule is Br.O=C(C[n+]1ccccc1)N/N=C(/C=C/c1cccc(Cl)c1Cl)c1ccccc1. The number of halogens is 3. The van der Waals surface area contributed by atoms with Crippen LogP contribution in [-0.2, 0) is 11.3 Å². The largest absolute Gasteiger partial charge is 0.305 e. The van der Waals surface area contributed by atoms with Crippen molar-refractivity contribution < 1.29 is 9.36 Å². The smallest absolute Gasteiger partial charge is 0.266 e. The van der Waals surface area contributed by atoms with E-state index in [4.69, 9.17) is 23.2 Å². The summed E-state index contributed by atoms with van der Waals surface area (Å²) in [5, 5.41) is 5.25. The van der Waals surface area contributed by atoms with Crippen LogP contribution in [-0.4, -0.2) is 11.6 Å². The average molecular weight is 492 g/mol. The quantitative estimate of drug-likeness (QED) is 0.291. The molecule has 1 N–H and O–H groups in total. The standard InChI is InChI=1S/C22H17Cl2N3O.BrH/c23-19-11-7-10-18(22(19)24)12-13-20(17-8-3-1-4-9-17)25-26-21(28)16-27-14-5-2-6-15-27;/h1-15H,16H2;1H/p+1/b13-12+,25-20-;. The Labute approximate surface area is 190 Å². The highest BCUT2D eigenvalue weighted by atomic mass is 79.9. The summed E-state index contributed by atoms with van der Waals surface area (Å²) < 4.78 is 1.77. The highest BCUT2D eigenvalue weighted by Gasteiger charge is 2.08. The minimum Gasteiger partial charge on any atom is -0.266 e. The summed E-state index contributed by atoms with van der Waals surface area (Å²) in [7, 11) is 0. The highest BCUT2D eigenvalue weighted by Crippen LogP contribution is 2.26. The second-order valence-electron chi connectivity index (χ2n) is 5.92. The van der Waals surface area contributed by atoms with Crippen LogP contribution < -0.4 is 9.99 Å². The first-order valence-electron chi connectivity index (χ1n) is 8.61. The minimum atomic E-state index is -0.223. The number of nitrogens with one attached hydrogen (secondary N) is 1. The molecule has 7 heteroatoms. The fourth-order valence-electron chi connectivity index (χ4n) is 2.49. The summed E-state index contributed by atoms with van der Waals surface area (Å²) in [6.07, 6.45) is 7.26. The highest BCUT2D eigenvalue weighted by molar-refractivity contribution is 8.93. The predicted octanol–water partition coefficient (Wildman–Crippen LogP) is 5.09. The van der Waals surface area contributed by atoms with Crippen LogP contribution in [0.4, 0.5) is 0 Å². The van der Waals surface area contributed by atoms with Crippen LogP contribution in [0.3, 0.4) is 0 Å². The van der Waals surface area contributed by atoms with Gasteiger partial charge in [0.1, 0.15) is 0 Å². The summed E-state index contributed by atoms with van der Waals surface area (Å²) in [5.41, 5.74) is 4.84. The number of nitrogens with zero attached hydrogens (tertiary/aromatic N) is 2. The molecule has 0 radical (unpaired) electrons. The number of aromatic nitrogens is 1. The van der Waals surface area contributed by atoms with Crippen LogP contribution in [0.15, 0.2) is 90.3 Å². The molecule has 0 bridgehead atoms. The number of amides is 1. The second-order valence-corrected chi connectivity index (χ2v) is 6.71. The summed E-state index contributed by atoms with van der Waals surface area (Å²) in [6.45, 7) is 0.177. The molecule has 0 aliphatic carbocycles. The van der Waals surface area contributed by atoms with Crippen molar-refractivity contribution in [3.05, 3.63) is 106 Å². The summed E-state index contributed by atoms with van der Waals surface area (Å²) in [4.78, 5) is 12.2. The third-order valence-electron chi connectivity index (χ3n) is 3.88. The van der Waals surface area contributed by atoms with E-state index in [1.165, 1.54) is 0 Å². The van der Waals surface area contributed by atoms with E-state index in [9.17, 15) is 4.79 Å². The number of hydrogen-bond donors (Lipinski definition) is 1. The van der Waals surface area contributed by atoms with Gasteiger partial charge in [0, 0.05) is 17.7 Å². The van der Waals surface area contributed by atoms with Gasteiger partial charge in [-0.15, -0.1) is 17.0 Å². The minimum absolute atomic E-state index is 0. The van der Waals surface area contributed by atoms with Crippen LogP contribution in [0.25, 0.3) is 6.08 Å². The molecule has 2 aromatic carbocycles. The zero-order valence-electron chi connectivity index (χ0n) is 15.3. The lowest BCUT2D eigenvalue weighted by molar-refractivity contribution is -0.684. The number of benzene rings is 2. The Hall–Kier alpha value is -2.47. The van der Waals surface area contributed by atoms with Gasteiger partial charge in [0.15, 0.2) is 12.4 Å². The summed E-state index contributed by atoms with van der Waals surface area (Å²) in [5.74, 6) is -0.223. The molecule has 0 saturated heterocycles. The molecular weight excluding hydrogens is 473 g/mol. The molecular formula is C22H19BrCl2N3O+. The molecule has 0 fully saturated rings. The number of allylic oxidation sites excluding steroid dienone is 1. The number of hydrogen-bond acceptors (Lipinski definition) is 2. The van der Waals surface area contributed by atoms with E-state index in [1.807, 2.05) is 79.1 Å². The van der Waals surface area contributed by atoms with Gasteiger partial charge in [-0.25, -0.2) is 5.43 Å². The van der Waals surface area contributed by atoms with Gasteiger partial charge in [-0.05, 0) is 17.7 Å². The van der Waals surface area contributed by atoms with E-state index in [0.717, 1.165) is 11.1 Å². The lowest BCUT2D eigenvalue weighted by Crippen LogP contribution is -2.41. The molecule has 4 nitrogen and oxygen atoms in total. The van der Waals surface area contributed by atoms with E-state index in [0.29, 0.717) is 15.8 Å². The number of pyridine rings is 1. The van der Waals surface area contributed by atoms with E-state index < -0.39 is 0 Å². The van der Waals surface area contributed by atoms with Gasteiger partial charge in [0.25, 0.3) is 0 Å². The Morgan fingerprint density at radius 3 is 2.38 bits per heavy atom. The fraction of sp³-hybridized carbons (Fsp3) is 0.0455. The maximum Gasteiger partial charge on any atom is 0.305 e. The topological polar surface area (TPSA) is 45.3 Å². The number of hydrazone groups is 1. The van der Waals surface area contributed by atoms with Crippen LogP contribution in [0.1, 0.15) is 11.1 Å². The lowest BCUT2D eigenvalue weighted by Gasteiger charge is -2.04. The molecule has 3 rings (SSSR count). The van der Waals surface area contributed by atoms with Gasteiger partial charge < -0.3 is 0 Å². The van der Waals surface area contributed by atoms with Crippen LogP contribution in [0.5, 0.6) is 0 Å². The second kappa shape index (κ2) is 11.5.